The number of nitrogens with zero attached hydrogens (tertiary/aromatic N) is 2. The quantitative estimate of drug-likeness (QED) is 0.442. The second kappa shape index (κ2) is 6.14. The largest absolute Gasteiger partial charge is 0.364 e. The summed E-state index contributed by atoms with van der Waals surface area (Å²) < 4.78 is 0. The van der Waals surface area contributed by atoms with Gasteiger partial charge in [-0.25, -0.2) is 0 Å². The minimum atomic E-state index is -0.437. The maximum Gasteiger partial charge on any atom is 0.293 e. The van der Waals surface area contributed by atoms with Gasteiger partial charge in [-0.2, -0.15) is 0 Å². The average molecular weight is 250 g/mol. The van der Waals surface area contributed by atoms with E-state index in [1.54, 1.807) is 12.1 Å². The minimum absolute atomic E-state index is 0.0123. The van der Waals surface area contributed by atoms with Crippen LogP contribution in [0.1, 0.15) is 37.6 Å². The van der Waals surface area contributed by atoms with E-state index in [0.29, 0.717) is 24.1 Å². The highest BCUT2D eigenvalue weighted by Gasteiger charge is 2.21. The van der Waals surface area contributed by atoms with Crippen LogP contribution in [0.4, 0.5) is 11.4 Å². The molecule has 1 aromatic carbocycles. The van der Waals surface area contributed by atoms with Gasteiger partial charge >= 0.3 is 0 Å². The zero-order chi connectivity index (χ0) is 13.7. The van der Waals surface area contributed by atoms with E-state index in [9.17, 15) is 14.9 Å². The number of benzene rings is 1. The standard InChI is InChI=1S/C13H18N2O3/c1-4-10(3)14(5-2)12-7-6-11(9-16)8-13(12)15(17)18/h6-10H,4-5H2,1-3H3. The van der Waals surface area contributed by atoms with E-state index >= 15 is 0 Å². The van der Waals surface area contributed by atoms with Crippen molar-refractivity contribution >= 4 is 17.7 Å². The van der Waals surface area contributed by atoms with E-state index in [2.05, 4.69) is 0 Å². The van der Waals surface area contributed by atoms with Crippen LogP contribution in [-0.4, -0.2) is 23.8 Å². The van der Waals surface area contributed by atoms with Gasteiger partial charge in [0, 0.05) is 24.2 Å². The molecule has 1 unspecified atom stereocenters. The smallest absolute Gasteiger partial charge is 0.293 e. The number of rotatable bonds is 6. The summed E-state index contributed by atoms with van der Waals surface area (Å²) in [5.74, 6) is 0. The van der Waals surface area contributed by atoms with Crippen LogP contribution in [0.3, 0.4) is 0 Å². The van der Waals surface area contributed by atoms with Gasteiger partial charge in [0.15, 0.2) is 0 Å². The number of nitro benzene ring substituents is 1. The average Bonchev–Trinajstić information content (AvgIpc) is 2.39. The number of aldehydes is 1. The van der Waals surface area contributed by atoms with Crippen molar-refractivity contribution in [3.8, 4) is 0 Å². The third-order valence-corrected chi connectivity index (χ3v) is 3.11. The molecule has 98 valence electrons. The Balaban J connectivity index is 3.29. The molecule has 0 N–H and O–H groups in total. The lowest BCUT2D eigenvalue weighted by molar-refractivity contribution is -0.384. The molecule has 18 heavy (non-hydrogen) atoms. The topological polar surface area (TPSA) is 63.5 Å². The van der Waals surface area contributed by atoms with Gasteiger partial charge < -0.3 is 4.90 Å². The van der Waals surface area contributed by atoms with Gasteiger partial charge in [-0.15, -0.1) is 0 Å². The first-order chi connectivity index (χ1) is 8.54. The maximum absolute atomic E-state index is 11.1. The van der Waals surface area contributed by atoms with Crippen LogP contribution < -0.4 is 4.90 Å². The molecule has 0 bridgehead atoms. The summed E-state index contributed by atoms with van der Waals surface area (Å²) in [6.45, 7) is 6.72. The lowest BCUT2D eigenvalue weighted by Crippen LogP contribution is -2.32. The van der Waals surface area contributed by atoms with Crippen molar-refractivity contribution in [3.63, 3.8) is 0 Å². The number of anilines is 1. The number of hydrogen-bond acceptors (Lipinski definition) is 4. The van der Waals surface area contributed by atoms with Gasteiger partial charge in [0.2, 0.25) is 0 Å². The Kier molecular flexibility index (Phi) is 4.83. The Morgan fingerprint density at radius 2 is 2.11 bits per heavy atom. The van der Waals surface area contributed by atoms with Crippen LogP contribution in [0.25, 0.3) is 0 Å². The van der Waals surface area contributed by atoms with Gasteiger partial charge in [-0.05, 0) is 32.4 Å². The molecule has 0 radical (unpaired) electrons. The van der Waals surface area contributed by atoms with Crippen LogP contribution >= 0.6 is 0 Å². The summed E-state index contributed by atoms with van der Waals surface area (Å²) in [5.41, 5.74) is 0.884. The highest BCUT2D eigenvalue weighted by molar-refractivity contribution is 5.79. The van der Waals surface area contributed by atoms with Crippen molar-refractivity contribution < 1.29 is 9.72 Å². The molecule has 0 saturated carbocycles. The third kappa shape index (κ3) is 2.85. The van der Waals surface area contributed by atoms with Crippen LogP contribution in [0.5, 0.6) is 0 Å². The Hall–Kier alpha value is -1.91. The number of hydrogen-bond donors (Lipinski definition) is 0. The van der Waals surface area contributed by atoms with Crippen LogP contribution in [0.2, 0.25) is 0 Å². The SMILES string of the molecule is CCC(C)N(CC)c1ccc(C=O)cc1[N+](=O)[O-]. The summed E-state index contributed by atoms with van der Waals surface area (Å²) in [5, 5.41) is 11.1. The van der Waals surface area contributed by atoms with Gasteiger partial charge in [-0.1, -0.05) is 6.92 Å². The molecule has 0 spiro atoms. The summed E-state index contributed by atoms with van der Waals surface area (Å²) in [6, 6.07) is 4.81. The number of nitro groups is 1. The normalized spacial score (nSPS) is 11.9. The predicted octanol–water partition coefficient (Wildman–Crippen LogP) is 3.03. The van der Waals surface area contributed by atoms with Gasteiger partial charge in [0.25, 0.3) is 5.69 Å². The monoisotopic (exact) mass is 250 g/mol. The zero-order valence-corrected chi connectivity index (χ0v) is 10.9. The second-order valence-electron chi connectivity index (χ2n) is 4.17. The Bertz CT molecular complexity index is 446. The molecule has 1 atom stereocenters. The first-order valence-electron chi connectivity index (χ1n) is 6.05. The van der Waals surface area contributed by atoms with Crippen molar-refractivity contribution in [1.82, 2.24) is 0 Å². The van der Waals surface area contributed by atoms with E-state index in [1.807, 2.05) is 25.7 Å². The van der Waals surface area contributed by atoms with Crippen LogP contribution in [0, 0.1) is 10.1 Å². The summed E-state index contributed by atoms with van der Waals surface area (Å²) >= 11 is 0. The van der Waals surface area contributed by atoms with E-state index in [-0.39, 0.29) is 11.7 Å². The lowest BCUT2D eigenvalue weighted by atomic mass is 10.1. The molecule has 0 aliphatic heterocycles. The fraction of sp³-hybridized carbons (Fsp3) is 0.462. The molecule has 0 heterocycles. The maximum atomic E-state index is 11.1. The first kappa shape index (κ1) is 14.2. The van der Waals surface area contributed by atoms with Crippen molar-refractivity contribution in [2.24, 2.45) is 0 Å². The highest BCUT2D eigenvalue weighted by Crippen LogP contribution is 2.30. The zero-order valence-electron chi connectivity index (χ0n) is 10.9. The Labute approximate surface area is 107 Å². The second-order valence-corrected chi connectivity index (χ2v) is 4.17. The Morgan fingerprint density at radius 1 is 1.44 bits per heavy atom. The van der Waals surface area contributed by atoms with E-state index < -0.39 is 4.92 Å². The fourth-order valence-corrected chi connectivity index (χ4v) is 1.94. The molecule has 0 fully saturated rings. The predicted molar refractivity (Wildman–Crippen MR) is 71.3 cm³/mol. The molecule has 5 heteroatoms. The molecular formula is C13H18N2O3. The van der Waals surface area contributed by atoms with Crippen LogP contribution in [-0.2, 0) is 0 Å². The van der Waals surface area contributed by atoms with Crippen molar-refractivity contribution in [3.05, 3.63) is 33.9 Å². The molecule has 1 aromatic rings. The van der Waals surface area contributed by atoms with E-state index in [1.165, 1.54) is 6.07 Å². The third-order valence-electron chi connectivity index (χ3n) is 3.11. The lowest BCUT2D eigenvalue weighted by Gasteiger charge is -2.29. The van der Waals surface area contributed by atoms with Crippen molar-refractivity contribution in [2.45, 2.75) is 33.2 Å². The van der Waals surface area contributed by atoms with Gasteiger partial charge in [-0.3, -0.25) is 14.9 Å². The molecular weight excluding hydrogens is 232 g/mol. The molecule has 0 aromatic heterocycles. The molecule has 5 nitrogen and oxygen atoms in total. The first-order valence-corrected chi connectivity index (χ1v) is 6.05. The van der Waals surface area contributed by atoms with Crippen molar-refractivity contribution in [2.75, 3.05) is 11.4 Å². The molecule has 0 aliphatic rings. The summed E-state index contributed by atoms with van der Waals surface area (Å²) in [4.78, 5) is 23.3. The minimum Gasteiger partial charge on any atom is -0.364 e. The van der Waals surface area contributed by atoms with Crippen molar-refractivity contribution in [1.29, 1.82) is 0 Å². The molecule has 0 saturated heterocycles. The number of carbonyl (C=O) groups excluding carboxylic acids is 1. The van der Waals surface area contributed by atoms with Gasteiger partial charge in [0.1, 0.15) is 12.0 Å². The highest BCUT2D eigenvalue weighted by atomic mass is 16.6. The van der Waals surface area contributed by atoms with Crippen LogP contribution in [0.15, 0.2) is 18.2 Å². The molecule has 0 amide bonds. The summed E-state index contributed by atoms with van der Waals surface area (Å²) in [6.07, 6.45) is 1.52. The Morgan fingerprint density at radius 3 is 2.56 bits per heavy atom. The number of carbonyl (C=O) groups is 1. The summed E-state index contributed by atoms with van der Waals surface area (Å²) in [7, 11) is 0. The molecule has 1 rings (SSSR count). The van der Waals surface area contributed by atoms with E-state index in [0.717, 1.165) is 6.42 Å². The van der Waals surface area contributed by atoms with Gasteiger partial charge in [0.05, 0.1) is 4.92 Å². The van der Waals surface area contributed by atoms with E-state index in [4.69, 9.17) is 0 Å². The molecule has 0 aliphatic carbocycles. The fourth-order valence-electron chi connectivity index (χ4n) is 1.94.